The Morgan fingerprint density at radius 1 is 1.27 bits per heavy atom. The number of hydrogen-bond acceptors (Lipinski definition) is 4. The fourth-order valence-corrected chi connectivity index (χ4v) is 3.06. The Bertz CT molecular complexity index is 775. The molecule has 0 radical (unpaired) electrons. The van der Waals surface area contributed by atoms with Crippen LogP contribution < -0.4 is 16.0 Å². The molecule has 2 aromatic rings. The molecule has 2 heterocycles. The highest BCUT2D eigenvalue weighted by Gasteiger charge is 2.42. The minimum atomic E-state index is -0.794. The van der Waals surface area contributed by atoms with Crippen molar-refractivity contribution in [2.24, 2.45) is 0 Å². The molecule has 1 saturated heterocycles. The summed E-state index contributed by atoms with van der Waals surface area (Å²) >= 11 is 0. The van der Waals surface area contributed by atoms with Gasteiger partial charge in [0.15, 0.2) is 0 Å². The van der Waals surface area contributed by atoms with Gasteiger partial charge >= 0.3 is 0 Å². The van der Waals surface area contributed by atoms with Crippen LogP contribution >= 0.6 is 12.4 Å². The second kappa shape index (κ2) is 8.29. The molecular weight excluding hydrogens is 361 g/mol. The molecular formula is C17H21ClFN5O2. The summed E-state index contributed by atoms with van der Waals surface area (Å²) in [7, 11) is 0. The highest BCUT2D eigenvalue weighted by molar-refractivity contribution is 5.97. The lowest BCUT2D eigenvalue weighted by Gasteiger charge is -2.36. The van der Waals surface area contributed by atoms with Gasteiger partial charge < -0.3 is 16.0 Å². The van der Waals surface area contributed by atoms with Crippen molar-refractivity contribution in [2.45, 2.75) is 25.3 Å². The van der Waals surface area contributed by atoms with Gasteiger partial charge in [0.1, 0.15) is 11.4 Å². The predicted octanol–water partition coefficient (Wildman–Crippen LogP) is 2.12. The Hall–Kier alpha value is -2.45. The molecule has 3 rings (SSSR count). The molecule has 3 N–H and O–H groups in total. The van der Waals surface area contributed by atoms with E-state index in [-0.39, 0.29) is 29.9 Å². The summed E-state index contributed by atoms with van der Waals surface area (Å²) in [5.41, 5.74) is -0.346. The number of carbonyl (C=O) groups is 2. The fourth-order valence-electron chi connectivity index (χ4n) is 3.06. The molecule has 0 bridgehead atoms. The summed E-state index contributed by atoms with van der Waals surface area (Å²) in [4.78, 5) is 24.2. The summed E-state index contributed by atoms with van der Waals surface area (Å²) in [6, 6.07) is 5.87. The lowest BCUT2D eigenvalue weighted by atomic mass is 9.87. The van der Waals surface area contributed by atoms with Crippen LogP contribution in [0.15, 0.2) is 36.7 Å². The van der Waals surface area contributed by atoms with Crippen LogP contribution in [0.5, 0.6) is 0 Å². The van der Waals surface area contributed by atoms with Gasteiger partial charge in [0, 0.05) is 25.0 Å². The summed E-state index contributed by atoms with van der Waals surface area (Å²) < 4.78 is 15.5. The number of aromatic nitrogens is 2. The van der Waals surface area contributed by atoms with Gasteiger partial charge in [-0.3, -0.25) is 14.3 Å². The zero-order valence-electron chi connectivity index (χ0n) is 14.3. The average molecular weight is 382 g/mol. The second-order valence-corrected chi connectivity index (χ2v) is 6.06. The van der Waals surface area contributed by atoms with Crippen molar-refractivity contribution in [3.63, 3.8) is 0 Å². The van der Waals surface area contributed by atoms with E-state index in [9.17, 15) is 14.0 Å². The van der Waals surface area contributed by atoms with Crippen LogP contribution in [0.4, 0.5) is 15.8 Å². The maximum absolute atomic E-state index is 13.8. The van der Waals surface area contributed by atoms with Crippen LogP contribution in [0.3, 0.4) is 0 Å². The molecule has 2 amide bonds. The molecule has 1 aliphatic rings. The molecule has 26 heavy (non-hydrogen) atoms. The first-order chi connectivity index (χ1) is 12.0. The number of amides is 2. The third kappa shape index (κ3) is 4.03. The Labute approximate surface area is 156 Å². The Morgan fingerprint density at radius 3 is 2.62 bits per heavy atom. The first kappa shape index (κ1) is 19.9. The van der Waals surface area contributed by atoms with E-state index in [0.717, 1.165) is 0 Å². The number of rotatable bonds is 4. The number of carbonyl (C=O) groups excluding carboxylic acids is 2. The van der Waals surface area contributed by atoms with Crippen molar-refractivity contribution in [1.29, 1.82) is 0 Å². The number of nitrogens with zero attached hydrogens (tertiary/aromatic N) is 2. The Morgan fingerprint density at radius 2 is 2.00 bits per heavy atom. The molecule has 0 aliphatic carbocycles. The molecule has 1 aromatic heterocycles. The van der Waals surface area contributed by atoms with Gasteiger partial charge in [-0.1, -0.05) is 0 Å². The van der Waals surface area contributed by atoms with Gasteiger partial charge in [0.05, 0.1) is 5.69 Å². The molecule has 0 spiro atoms. The minimum absolute atomic E-state index is 0. The van der Waals surface area contributed by atoms with Gasteiger partial charge in [-0.25, -0.2) is 4.39 Å². The molecule has 1 aliphatic heterocycles. The number of anilines is 2. The molecule has 140 valence electrons. The predicted molar refractivity (Wildman–Crippen MR) is 98.9 cm³/mol. The minimum Gasteiger partial charge on any atom is -0.324 e. The molecule has 1 fully saturated rings. The summed E-state index contributed by atoms with van der Waals surface area (Å²) in [6.07, 6.45) is 4.61. The van der Waals surface area contributed by atoms with Crippen LogP contribution in [0.1, 0.15) is 19.8 Å². The van der Waals surface area contributed by atoms with E-state index in [1.165, 1.54) is 25.1 Å². The number of piperidine rings is 1. The number of benzene rings is 1. The smallest absolute Gasteiger partial charge is 0.252 e. The van der Waals surface area contributed by atoms with Gasteiger partial charge in [-0.05, 0) is 50.2 Å². The van der Waals surface area contributed by atoms with Crippen molar-refractivity contribution in [3.05, 3.63) is 42.5 Å². The van der Waals surface area contributed by atoms with Crippen molar-refractivity contribution in [3.8, 4) is 0 Å². The van der Waals surface area contributed by atoms with Crippen LogP contribution in [0.25, 0.3) is 0 Å². The first-order valence-corrected chi connectivity index (χ1v) is 8.11. The SMILES string of the molecule is CC(=O)Nc1cc(NC(=O)C2(n3cccn3)CCNCC2)ccc1F.Cl. The second-order valence-electron chi connectivity index (χ2n) is 6.06. The molecule has 0 unspecified atom stereocenters. The zero-order chi connectivity index (χ0) is 17.9. The molecule has 1 aromatic carbocycles. The maximum Gasteiger partial charge on any atom is 0.252 e. The zero-order valence-corrected chi connectivity index (χ0v) is 15.1. The molecule has 7 nitrogen and oxygen atoms in total. The van der Waals surface area contributed by atoms with E-state index in [1.807, 2.05) is 0 Å². The topological polar surface area (TPSA) is 88.1 Å². The fraction of sp³-hybridized carbons (Fsp3) is 0.353. The molecule has 0 saturated carbocycles. The number of halogens is 2. The lowest BCUT2D eigenvalue weighted by Crippen LogP contribution is -2.52. The van der Waals surface area contributed by atoms with Crippen LogP contribution in [0, 0.1) is 5.82 Å². The summed E-state index contributed by atoms with van der Waals surface area (Å²) in [5, 5.41) is 12.7. The van der Waals surface area contributed by atoms with Gasteiger partial charge in [-0.2, -0.15) is 5.10 Å². The van der Waals surface area contributed by atoms with Gasteiger partial charge in [-0.15, -0.1) is 12.4 Å². The third-order valence-electron chi connectivity index (χ3n) is 4.33. The Kier molecular flexibility index (Phi) is 6.33. The van der Waals surface area contributed by atoms with E-state index in [2.05, 4.69) is 21.0 Å². The van der Waals surface area contributed by atoms with E-state index in [1.54, 1.807) is 23.1 Å². The van der Waals surface area contributed by atoms with Crippen molar-refractivity contribution < 1.29 is 14.0 Å². The van der Waals surface area contributed by atoms with Gasteiger partial charge in [0.25, 0.3) is 5.91 Å². The third-order valence-corrected chi connectivity index (χ3v) is 4.33. The van der Waals surface area contributed by atoms with Crippen molar-refractivity contribution in [2.75, 3.05) is 23.7 Å². The van der Waals surface area contributed by atoms with E-state index < -0.39 is 11.4 Å². The number of hydrogen-bond donors (Lipinski definition) is 3. The maximum atomic E-state index is 13.8. The summed E-state index contributed by atoms with van der Waals surface area (Å²) in [5.74, 6) is -1.15. The van der Waals surface area contributed by atoms with Crippen LogP contribution in [-0.2, 0) is 15.1 Å². The summed E-state index contributed by atoms with van der Waals surface area (Å²) in [6.45, 7) is 2.70. The monoisotopic (exact) mass is 381 g/mol. The van der Waals surface area contributed by atoms with Crippen LogP contribution in [0.2, 0.25) is 0 Å². The molecule has 0 atom stereocenters. The normalized spacial score (nSPS) is 15.6. The largest absolute Gasteiger partial charge is 0.324 e. The molecule has 9 heteroatoms. The van der Waals surface area contributed by atoms with Gasteiger partial charge in [0.2, 0.25) is 5.91 Å². The standard InChI is InChI=1S/C17H20FN5O2.ClH/c1-12(24)21-15-11-13(3-4-14(15)18)22-16(25)17(5-8-19-9-6-17)23-10-2-7-20-23;/h2-4,7,10-11,19H,5-6,8-9H2,1H3,(H,21,24)(H,22,25);1H. The average Bonchev–Trinajstić information content (AvgIpc) is 3.13. The van der Waals surface area contributed by atoms with E-state index in [4.69, 9.17) is 0 Å². The van der Waals surface area contributed by atoms with E-state index >= 15 is 0 Å². The number of nitrogens with one attached hydrogen (secondary N) is 3. The van der Waals surface area contributed by atoms with E-state index in [0.29, 0.717) is 31.6 Å². The Balaban J connectivity index is 0.00000243. The van der Waals surface area contributed by atoms with Crippen molar-refractivity contribution in [1.82, 2.24) is 15.1 Å². The highest BCUT2D eigenvalue weighted by Crippen LogP contribution is 2.29. The quantitative estimate of drug-likeness (QED) is 0.757. The first-order valence-electron chi connectivity index (χ1n) is 8.11. The lowest BCUT2D eigenvalue weighted by molar-refractivity contribution is -0.126. The highest BCUT2D eigenvalue weighted by atomic mass is 35.5. The van der Waals surface area contributed by atoms with Crippen molar-refractivity contribution >= 4 is 35.6 Å². The van der Waals surface area contributed by atoms with Crippen LogP contribution in [-0.4, -0.2) is 34.7 Å².